The smallest absolute Gasteiger partial charge is 0.118 e. The van der Waals surface area contributed by atoms with Crippen LogP contribution in [-0.4, -0.2) is 17.5 Å². The molecular formula is C6H13FS. The first-order chi connectivity index (χ1) is 3.93. The van der Waals surface area contributed by atoms with E-state index in [-0.39, 0.29) is 16.9 Å². The summed E-state index contributed by atoms with van der Waals surface area (Å²) in [7, 11) is -0.136. The molecule has 1 aliphatic heterocycles. The van der Waals surface area contributed by atoms with Crippen molar-refractivity contribution in [3.05, 3.63) is 0 Å². The molecule has 0 amide bonds. The first-order valence-electron chi connectivity index (χ1n) is 3.22. The summed E-state index contributed by atoms with van der Waals surface area (Å²) in [4.78, 5) is 0. The van der Waals surface area contributed by atoms with Crippen LogP contribution in [-0.2, 0) is 0 Å². The average Bonchev–Trinajstić information content (AvgIpc) is 1.90. The summed E-state index contributed by atoms with van der Waals surface area (Å²) in [6, 6.07) is -0.0185. The topological polar surface area (TPSA) is 0 Å². The van der Waals surface area contributed by atoms with Gasteiger partial charge in [0.2, 0.25) is 0 Å². The van der Waals surface area contributed by atoms with Crippen LogP contribution in [0.25, 0.3) is 0 Å². The van der Waals surface area contributed by atoms with Crippen LogP contribution >= 0.6 is 10.9 Å². The van der Waals surface area contributed by atoms with Crippen molar-refractivity contribution < 1.29 is 4.39 Å². The number of rotatable bonds is 1. The predicted octanol–water partition coefficient (Wildman–Crippen LogP) is 2.10. The maximum Gasteiger partial charge on any atom is 0.118 e. The van der Waals surface area contributed by atoms with E-state index in [1.807, 2.05) is 0 Å². The molecule has 0 nitrogen and oxygen atoms in total. The summed E-state index contributed by atoms with van der Waals surface area (Å²) in [5.74, 6) is 2.40. The van der Waals surface area contributed by atoms with Gasteiger partial charge in [-0.15, -0.1) is 0 Å². The van der Waals surface area contributed by atoms with Gasteiger partial charge in [0, 0.05) is 0 Å². The SMILES string of the molecule is FC[SH]1CCCCC1. The molecule has 1 fully saturated rings. The van der Waals surface area contributed by atoms with Gasteiger partial charge in [-0.1, -0.05) is 6.42 Å². The molecule has 0 N–H and O–H groups in total. The van der Waals surface area contributed by atoms with Crippen molar-refractivity contribution in [3.63, 3.8) is 0 Å². The molecule has 0 aromatic rings. The standard InChI is InChI=1S/C6H13FS/c7-6-8-4-2-1-3-5-8/h8H,1-6H2. The first kappa shape index (κ1) is 6.40. The van der Waals surface area contributed by atoms with Crippen LogP contribution < -0.4 is 0 Å². The van der Waals surface area contributed by atoms with Crippen molar-refractivity contribution in [2.45, 2.75) is 19.3 Å². The molecule has 0 aromatic carbocycles. The maximum absolute atomic E-state index is 11.9. The summed E-state index contributed by atoms with van der Waals surface area (Å²) >= 11 is 0. The number of hydrogen-bond donors (Lipinski definition) is 1. The maximum atomic E-state index is 11.9. The minimum absolute atomic E-state index is 0.0185. The molecule has 0 aromatic heterocycles. The van der Waals surface area contributed by atoms with Crippen LogP contribution in [0.5, 0.6) is 0 Å². The molecular weight excluding hydrogens is 123 g/mol. The van der Waals surface area contributed by atoms with Gasteiger partial charge in [0.25, 0.3) is 0 Å². The molecule has 2 heteroatoms. The van der Waals surface area contributed by atoms with Gasteiger partial charge in [-0.05, 0) is 24.3 Å². The number of hydrogen-bond acceptors (Lipinski definition) is 0. The lowest BCUT2D eigenvalue weighted by Gasteiger charge is -2.21. The number of thiol groups is 1. The minimum Gasteiger partial charge on any atom is -0.241 e. The van der Waals surface area contributed by atoms with E-state index in [0.717, 1.165) is 0 Å². The lowest BCUT2D eigenvalue weighted by molar-refractivity contribution is 0.597. The van der Waals surface area contributed by atoms with E-state index in [9.17, 15) is 4.39 Å². The van der Waals surface area contributed by atoms with Gasteiger partial charge >= 0.3 is 0 Å². The van der Waals surface area contributed by atoms with Crippen molar-refractivity contribution in [1.82, 2.24) is 0 Å². The third kappa shape index (κ3) is 1.66. The molecule has 0 aliphatic carbocycles. The molecule has 1 saturated heterocycles. The first-order valence-corrected chi connectivity index (χ1v) is 5.11. The quantitative estimate of drug-likeness (QED) is 0.524. The zero-order chi connectivity index (χ0) is 5.82. The molecule has 0 radical (unpaired) electrons. The highest BCUT2D eigenvalue weighted by atomic mass is 32.2. The Hall–Kier alpha value is 0.280. The Labute approximate surface area is 52.8 Å². The van der Waals surface area contributed by atoms with Crippen molar-refractivity contribution in [2.24, 2.45) is 0 Å². The Balaban J connectivity index is 2.13. The minimum atomic E-state index is -0.136. The lowest BCUT2D eigenvalue weighted by atomic mass is 10.3. The molecule has 0 unspecified atom stereocenters. The highest BCUT2D eigenvalue weighted by Crippen LogP contribution is 2.32. The van der Waals surface area contributed by atoms with Gasteiger partial charge in [-0.3, -0.25) is 0 Å². The Morgan fingerprint density at radius 1 is 1.12 bits per heavy atom. The van der Waals surface area contributed by atoms with Gasteiger partial charge in [0.15, 0.2) is 0 Å². The van der Waals surface area contributed by atoms with E-state index in [4.69, 9.17) is 0 Å². The Morgan fingerprint density at radius 2 is 1.75 bits per heavy atom. The normalized spacial score (nSPS) is 25.9. The summed E-state index contributed by atoms with van der Waals surface area (Å²) in [6.07, 6.45) is 3.92. The van der Waals surface area contributed by atoms with Crippen LogP contribution in [0, 0.1) is 0 Å². The average molecular weight is 136 g/mol. The Morgan fingerprint density at radius 3 is 2.12 bits per heavy atom. The molecule has 0 bridgehead atoms. The summed E-state index contributed by atoms with van der Waals surface area (Å²) < 4.78 is 11.9. The van der Waals surface area contributed by atoms with Crippen LogP contribution in [0.3, 0.4) is 0 Å². The van der Waals surface area contributed by atoms with Crippen LogP contribution in [0.1, 0.15) is 19.3 Å². The van der Waals surface area contributed by atoms with E-state index in [1.54, 1.807) is 0 Å². The molecule has 1 heterocycles. The molecule has 0 spiro atoms. The van der Waals surface area contributed by atoms with E-state index in [2.05, 4.69) is 0 Å². The van der Waals surface area contributed by atoms with E-state index in [0.29, 0.717) is 0 Å². The van der Waals surface area contributed by atoms with Gasteiger partial charge in [0.1, 0.15) is 6.01 Å². The Bertz CT molecular complexity index is 59.5. The second-order valence-corrected chi connectivity index (χ2v) is 4.77. The van der Waals surface area contributed by atoms with E-state index in [1.165, 1.54) is 30.8 Å². The zero-order valence-corrected chi connectivity index (χ0v) is 5.96. The van der Waals surface area contributed by atoms with Crippen LogP contribution in [0.4, 0.5) is 4.39 Å². The van der Waals surface area contributed by atoms with E-state index >= 15 is 0 Å². The number of halogens is 1. The van der Waals surface area contributed by atoms with Crippen LogP contribution in [0.2, 0.25) is 0 Å². The predicted molar refractivity (Wildman–Crippen MR) is 38.5 cm³/mol. The largest absolute Gasteiger partial charge is 0.241 e. The molecule has 0 atom stereocenters. The van der Waals surface area contributed by atoms with Crippen molar-refractivity contribution in [1.29, 1.82) is 0 Å². The van der Waals surface area contributed by atoms with Crippen LogP contribution in [0.15, 0.2) is 0 Å². The second-order valence-electron chi connectivity index (χ2n) is 2.30. The monoisotopic (exact) mass is 136 g/mol. The zero-order valence-electron chi connectivity index (χ0n) is 5.07. The third-order valence-electron chi connectivity index (χ3n) is 1.62. The van der Waals surface area contributed by atoms with Crippen molar-refractivity contribution in [2.75, 3.05) is 17.5 Å². The van der Waals surface area contributed by atoms with Gasteiger partial charge in [-0.2, -0.15) is 0 Å². The molecule has 1 rings (SSSR count). The second kappa shape index (κ2) is 3.33. The highest BCUT2D eigenvalue weighted by Gasteiger charge is 2.07. The molecule has 50 valence electrons. The summed E-state index contributed by atoms with van der Waals surface area (Å²) in [5, 5.41) is 0. The fourth-order valence-corrected chi connectivity index (χ4v) is 2.88. The lowest BCUT2D eigenvalue weighted by Crippen LogP contribution is -2.02. The molecule has 1 aliphatic rings. The molecule has 8 heavy (non-hydrogen) atoms. The van der Waals surface area contributed by atoms with Crippen molar-refractivity contribution >= 4 is 10.9 Å². The fourth-order valence-electron chi connectivity index (χ4n) is 1.08. The van der Waals surface area contributed by atoms with Gasteiger partial charge in [-0.25, -0.2) is 15.3 Å². The van der Waals surface area contributed by atoms with E-state index < -0.39 is 0 Å². The van der Waals surface area contributed by atoms with Crippen molar-refractivity contribution in [3.8, 4) is 0 Å². The molecule has 0 saturated carbocycles. The highest BCUT2D eigenvalue weighted by molar-refractivity contribution is 8.16. The fraction of sp³-hybridized carbons (Fsp3) is 1.00. The Kier molecular flexibility index (Phi) is 2.67. The third-order valence-corrected chi connectivity index (χ3v) is 3.85. The number of alkyl halides is 1. The summed E-state index contributed by atoms with van der Waals surface area (Å²) in [6.45, 7) is 0. The summed E-state index contributed by atoms with van der Waals surface area (Å²) in [5.41, 5.74) is 0. The van der Waals surface area contributed by atoms with Gasteiger partial charge in [0.05, 0.1) is 0 Å². The van der Waals surface area contributed by atoms with Gasteiger partial charge < -0.3 is 0 Å².